The number of rotatable bonds is 13. The number of aromatic nitrogens is 2. The number of unbranched alkanes of at least 4 members (excludes halogenated alkanes) is 7. The highest BCUT2D eigenvalue weighted by Crippen LogP contribution is 2.14. The Balaban J connectivity index is 2.59. The molecule has 0 amide bonds. The molecule has 1 aromatic rings. The van der Waals surface area contributed by atoms with Crippen molar-refractivity contribution >= 4 is 5.97 Å². The van der Waals surface area contributed by atoms with Gasteiger partial charge < -0.3 is 5.11 Å². The highest BCUT2D eigenvalue weighted by atomic mass is 16.4. The fraction of sp³-hybridized carbons (Fsp3) is 0.800. The summed E-state index contributed by atoms with van der Waals surface area (Å²) in [6, 6.07) is -0.495. The summed E-state index contributed by atoms with van der Waals surface area (Å²) in [5, 5.41) is 9.37. The van der Waals surface area contributed by atoms with Crippen molar-refractivity contribution in [2.45, 2.75) is 104 Å². The van der Waals surface area contributed by atoms with Gasteiger partial charge in [-0.15, -0.1) is 0 Å². The number of nitrogens with zero attached hydrogens (tertiary/aromatic N) is 2. The smallest absolute Gasteiger partial charge is 0.349 e. The Morgan fingerprint density at radius 1 is 1.08 bits per heavy atom. The van der Waals surface area contributed by atoms with Gasteiger partial charge in [0.05, 0.1) is 6.54 Å². The lowest BCUT2D eigenvalue weighted by atomic mass is 10.1. The molecule has 1 atom stereocenters. The maximum Gasteiger partial charge on any atom is 0.349 e. The number of aliphatic carboxylic acids is 1. The van der Waals surface area contributed by atoms with Crippen molar-refractivity contribution in [3.63, 3.8) is 0 Å². The molecule has 1 rings (SSSR count). The van der Waals surface area contributed by atoms with Crippen LogP contribution in [-0.4, -0.2) is 15.6 Å². The molecule has 0 spiro atoms. The molecule has 1 unspecified atom stereocenters. The van der Waals surface area contributed by atoms with Gasteiger partial charge in [0.25, 0.3) is 5.82 Å². The third-order valence-electron chi connectivity index (χ3n) is 4.84. The summed E-state index contributed by atoms with van der Waals surface area (Å²) >= 11 is 0. The predicted molar refractivity (Wildman–Crippen MR) is 98.3 cm³/mol. The zero-order valence-corrected chi connectivity index (χ0v) is 16.2. The quantitative estimate of drug-likeness (QED) is 0.414. The lowest BCUT2D eigenvalue weighted by Gasteiger charge is -2.08. The van der Waals surface area contributed by atoms with Crippen LogP contribution >= 0.6 is 0 Å². The van der Waals surface area contributed by atoms with E-state index in [0.29, 0.717) is 0 Å². The van der Waals surface area contributed by atoms with Gasteiger partial charge in [-0.05, 0) is 19.8 Å². The molecule has 24 heavy (non-hydrogen) atoms. The number of carbonyl (C=O) groups is 1. The molecule has 0 aliphatic heterocycles. The van der Waals surface area contributed by atoms with E-state index in [9.17, 15) is 9.90 Å². The van der Waals surface area contributed by atoms with E-state index in [1.807, 2.05) is 10.8 Å². The lowest BCUT2D eigenvalue weighted by molar-refractivity contribution is -0.714. The molecular weight excluding hydrogens is 300 g/mol. The second kappa shape index (κ2) is 11.3. The summed E-state index contributed by atoms with van der Waals surface area (Å²) in [6.07, 6.45) is 14.5. The molecule has 0 aliphatic carbocycles. The van der Waals surface area contributed by atoms with Gasteiger partial charge >= 0.3 is 5.97 Å². The SMILES string of the molecule is CCCCCCCCCCc1n(CCC)c(C)c[n+]1C(C)C(=O)O. The van der Waals surface area contributed by atoms with Crippen LogP contribution in [0.4, 0.5) is 0 Å². The molecule has 1 heterocycles. The minimum absolute atomic E-state index is 0.495. The van der Waals surface area contributed by atoms with Crippen molar-refractivity contribution in [2.24, 2.45) is 0 Å². The van der Waals surface area contributed by atoms with E-state index >= 15 is 0 Å². The highest BCUT2D eigenvalue weighted by Gasteiger charge is 2.27. The standard InChI is InChI=1S/C20H36N2O2/c1-5-7-8-9-10-11-12-13-14-19-21(15-6-2)17(3)16-22(19)18(4)20(23)24/h16,18H,5-15H2,1-4H3/p+1. The van der Waals surface area contributed by atoms with Crippen LogP contribution in [0, 0.1) is 6.92 Å². The number of carboxylic acid groups (broad SMARTS) is 1. The molecule has 0 bridgehead atoms. The molecule has 4 heteroatoms. The molecule has 1 N–H and O–H groups in total. The van der Waals surface area contributed by atoms with Crippen LogP contribution in [0.2, 0.25) is 0 Å². The van der Waals surface area contributed by atoms with Crippen LogP contribution in [0.25, 0.3) is 0 Å². The average molecular weight is 338 g/mol. The van der Waals surface area contributed by atoms with E-state index in [0.717, 1.165) is 25.8 Å². The van der Waals surface area contributed by atoms with Crippen molar-refractivity contribution in [1.29, 1.82) is 0 Å². The van der Waals surface area contributed by atoms with Crippen molar-refractivity contribution < 1.29 is 14.5 Å². The largest absolute Gasteiger partial charge is 0.478 e. The van der Waals surface area contributed by atoms with Gasteiger partial charge in [0, 0.05) is 13.3 Å². The molecule has 0 fully saturated rings. The van der Waals surface area contributed by atoms with Gasteiger partial charge in [-0.3, -0.25) is 0 Å². The summed E-state index contributed by atoms with van der Waals surface area (Å²) < 4.78 is 4.27. The zero-order chi connectivity index (χ0) is 17.9. The Hall–Kier alpha value is -1.32. The fourth-order valence-corrected chi connectivity index (χ4v) is 3.35. The third kappa shape index (κ3) is 6.29. The Kier molecular flexibility index (Phi) is 9.73. The molecule has 138 valence electrons. The van der Waals surface area contributed by atoms with E-state index in [1.165, 1.54) is 56.5 Å². The van der Waals surface area contributed by atoms with Gasteiger partial charge in [0.15, 0.2) is 6.04 Å². The monoisotopic (exact) mass is 337 g/mol. The van der Waals surface area contributed by atoms with Crippen LogP contribution in [0.5, 0.6) is 0 Å². The topological polar surface area (TPSA) is 46.1 Å². The summed E-state index contributed by atoms with van der Waals surface area (Å²) in [6.45, 7) is 9.25. The third-order valence-corrected chi connectivity index (χ3v) is 4.84. The Morgan fingerprint density at radius 2 is 1.67 bits per heavy atom. The number of hydrogen-bond donors (Lipinski definition) is 1. The Labute approximate surface area is 147 Å². The van der Waals surface area contributed by atoms with E-state index in [4.69, 9.17) is 0 Å². The van der Waals surface area contributed by atoms with Gasteiger partial charge in [-0.25, -0.2) is 13.9 Å². The summed E-state index contributed by atoms with van der Waals surface area (Å²) in [7, 11) is 0. The van der Waals surface area contributed by atoms with Crippen molar-refractivity contribution in [3.8, 4) is 0 Å². The predicted octanol–water partition coefficient (Wildman–Crippen LogP) is 4.82. The first-order valence-electron chi connectivity index (χ1n) is 9.85. The number of hydrogen-bond acceptors (Lipinski definition) is 1. The van der Waals surface area contributed by atoms with Gasteiger partial charge in [-0.2, -0.15) is 0 Å². The van der Waals surface area contributed by atoms with Crippen LogP contribution < -0.4 is 4.57 Å². The van der Waals surface area contributed by atoms with Crippen LogP contribution in [0.15, 0.2) is 6.20 Å². The average Bonchev–Trinajstić information content (AvgIpc) is 2.86. The molecule has 0 saturated carbocycles. The van der Waals surface area contributed by atoms with Crippen molar-refractivity contribution in [2.75, 3.05) is 0 Å². The van der Waals surface area contributed by atoms with Crippen LogP contribution in [0.3, 0.4) is 0 Å². The van der Waals surface area contributed by atoms with Crippen molar-refractivity contribution in [3.05, 3.63) is 17.7 Å². The van der Waals surface area contributed by atoms with Crippen LogP contribution in [0.1, 0.15) is 96.1 Å². The number of imidazole rings is 1. The van der Waals surface area contributed by atoms with E-state index < -0.39 is 12.0 Å². The van der Waals surface area contributed by atoms with E-state index in [2.05, 4.69) is 25.3 Å². The molecule has 4 nitrogen and oxygen atoms in total. The van der Waals surface area contributed by atoms with Crippen molar-refractivity contribution in [1.82, 2.24) is 4.57 Å². The Morgan fingerprint density at radius 3 is 2.21 bits per heavy atom. The minimum Gasteiger partial charge on any atom is -0.478 e. The minimum atomic E-state index is -0.758. The zero-order valence-electron chi connectivity index (χ0n) is 16.2. The second-order valence-corrected chi connectivity index (χ2v) is 6.98. The molecule has 0 aliphatic rings. The molecule has 0 radical (unpaired) electrons. The lowest BCUT2D eigenvalue weighted by Crippen LogP contribution is -2.44. The van der Waals surface area contributed by atoms with Crippen LogP contribution in [-0.2, 0) is 17.8 Å². The van der Waals surface area contributed by atoms with Gasteiger partial charge in [-0.1, -0.05) is 58.8 Å². The molecular formula is C20H37N2O2+. The summed E-state index contributed by atoms with van der Waals surface area (Å²) in [5.74, 6) is 0.418. The van der Waals surface area contributed by atoms with E-state index in [-0.39, 0.29) is 0 Å². The first-order chi connectivity index (χ1) is 11.5. The second-order valence-electron chi connectivity index (χ2n) is 6.98. The molecule has 1 aromatic heterocycles. The maximum absolute atomic E-state index is 11.4. The summed E-state index contributed by atoms with van der Waals surface area (Å²) in [5.41, 5.74) is 1.17. The van der Waals surface area contributed by atoms with Gasteiger partial charge in [0.2, 0.25) is 0 Å². The van der Waals surface area contributed by atoms with E-state index in [1.54, 1.807) is 6.92 Å². The van der Waals surface area contributed by atoms with Gasteiger partial charge in [0.1, 0.15) is 11.9 Å². The number of aryl methyl sites for hydroxylation is 1. The molecule has 0 aromatic carbocycles. The maximum atomic E-state index is 11.4. The fourth-order valence-electron chi connectivity index (χ4n) is 3.35. The summed E-state index contributed by atoms with van der Waals surface area (Å²) in [4.78, 5) is 11.4. The highest BCUT2D eigenvalue weighted by molar-refractivity contribution is 5.69. The Bertz CT molecular complexity index is 494. The number of carboxylic acids is 1. The molecule has 0 saturated heterocycles. The first kappa shape index (κ1) is 20.7. The first-order valence-corrected chi connectivity index (χ1v) is 9.85. The normalized spacial score (nSPS) is 12.5.